The molecule has 0 radical (unpaired) electrons. The van der Waals surface area contributed by atoms with Gasteiger partial charge in [0.05, 0.1) is 5.52 Å². The highest BCUT2D eigenvalue weighted by Gasteiger charge is 2.12. The quantitative estimate of drug-likeness (QED) is 0.307. The van der Waals surface area contributed by atoms with Crippen LogP contribution in [0.1, 0.15) is 13.8 Å². The molecule has 0 fully saturated rings. The second-order valence-electron chi connectivity index (χ2n) is 8.36. The molecule has 2 heterocycles. The standard InChI is InChI=1S/C27H25N5O2/c1-17(2)29-25(33)16-34-21-7-5-6-19(15-21)26-31-24-9-4-3-8-22(24)27(32-26)30-20-10-11-23-18(14-20)12-13-28-23/h3-15,17,28H,16H2,1-2H3,(H,29,33)(H,30,31,32). The molecule has 7 heteroatoms. The highest BCUT2D eigenvalue weighted by molar-refractivity contribution is 5.93. The molecule has 34 heavy (non-hydrogen) atoms. The van der Waals surface area contributed by atoms with E-state index in [1.54, 1.807) is 0 Å². The van der Waals surface area contributed by atoms with Crippen LogP contribution in [0.3, 0.4) is 0 Å². The molecule has 0 atom stereocenters. The van der Waals surface area contributed by atoms with Gasteiger partial charge < -0.3 is 20.4 Å². The van der Waals surface area contributed by atoms with E-state index in [1.165, 1.54) is 0 Å². The summed E-state index contributed by atoms with van der Waals surface area (Å²) < 4.78 is 5.69. The van der Waals surface area contributed by atoms with Gasteiger partial charge in [-0.25, -0.2) is 9.97 Å². The number of nitrogens with zero attached hydrogens (tertiary/aromatic N) is 2. The minimum atomic E-state index is -0.159. The maximum Gasteiger partial charge on any atom is 0.258 e. The van der Waals surface area contributed by atoms with Gasteiger partial charge in [-0.05, 0) is 62.4 Å². The van der Waals surface area contributed by atoms with Crippen LogP contribution in [0.5, 0.6) is 5.75 Å². The Morgan fingerprint density at radius 3 is 2.76 bits per heavy atom. The molecule has 170 valence electrons. The van der Waals surface area contributed by atoms with E-state index in [0.717, 1.165) is 38.9 Å². The fourth-order valence-corrected chi connectivity index (χ4v) is 3.81. The number of ether oxygens (including phenoxy) is 1. The van der Waals surface area contributed by atoms with Crippen LogP contribution in [0.15, 0.2) is 79.0 Å². The summed E-state index contributed by atoms with van der Waals surface area (Å²) in [6, 6.07) is 23.6. The van der Waals surface area contributed by atoms with E-state index in [4.69, 9.17) is 14.7 Å². The smallest absolute Gasteiger partial charge is 0.258 e. The van der Waals surface area contributed by atoms with Crippen LogP contribution in [0, 0.1) is 0 Å². The van der Waals surface area contributed by atoms with E-state index in [2.05, 4.69) is 21.7 Å². The molecule has 3 N–H and O–H groups in total. The number of para-hydroxylation sites is 1. The molecule has 5 aromatic rings. The van der Waals surface area contributed by atoms with Crippen molar-refractivity contribution in [1.29, 1.82) is 0 Å². The average Bonchev–Trinajstić information content (AvgIpc) is 3.30. The van der Waals surface area contributed by atoms with Crippen molar-refractivity contribution in [3.8, 4) is 17.1 Å². The summed E-state index contributed by atoms with van der Waals surface area (Å²) in [5, 5.41) is 8.33. The Morgan fingerprint density at radius 1 is 1.00 bits per heavy atom. The van der Waals surface area contributed by atoms with Gasteiger partial charge in [-0.15, -0.1) is 0 Å². The largest absolute Gasteiger partial charge is 0.484 e. The summed E-state index contributed by atoms with van der Waals surface area (Å²) in [4.78, 5) is 24.8. The molecule has 0 saturated heterocycles. The summed E-state index contributed by atoms with van der Waals surface area (Å²) in [5.74, 6) is 1.72. The van der Waals surface area contributed by atoms with Crippen LogP contribution in [0.4, 0.5) is 11.5 Å². The minimum absolute atomic E-state index is 0.0470. The van der Waals surface area contributed by atoms with Gasteiger partial charge in [-0.3, -0.25) is 4.79 Å². The maximum absolute atomic E-state index is 11.9. The Bertz CT molecular complexity index is 1470. The Balaban J connectivity index is 1.46. The normalized spacial score (nSPS) is 11.1. The topological polar surface area (TPSA) is 91.9 Å². The Morgan fingerprint density at radius 2 is 1.88 bits per heavy atom. The molecule has 2 aromatic heterocycles. The van der Waals surface area contributed by atoms with Crippen molar-refractivity contribution in [2.24, 2.45) is 0 Å². The molecule has 1 amide bonds. The molecule has 7 nitrogen and oxygen atoms in total. The maximum atomic E-state index is 11.9. The second kappa shape index (κ2) is 9.23. The summed E-state index contributed by atoms with van der Waals surface area (Å²) in [6.45, 7) is 3.78. The van der Waals surface area contributed by atoms with Crippen LogP contribution >= 0.6 is 0 Å². The molecule has 0 unspecified atom stereocenters. The number of carbonyl (C=O) groups is 1. The first kappa shape index (κ1) is 21.5. The number of H-pyrrole nitrogens is 1. The van der Waals surface area contributed by atoms with Crippen molar-refractivity contribution in [1.82, 2.24) is 20.3 Å². The molecule has 0 aliphatic heterocycles. The summed E-state index contributed by atoms with van der Waals surface area (Å²) in [7, 11) is 0. The zero-order valence-electron chi connectivity index (χ0n) is 19.0. The fourth-order valence-electron chi connectivity index (χ4n) is 3.81. The zero-order chi connectivity index (χ0) is 23.5. The van der Waals surface area contributed by atoms with Gasteiger partial charge in [0.15, 0.2) is 12.4 Å². The molecule has 0 saturated carbocycles. The number of aromatic nitrogens is 3. The number of benzene rings is 3. The lowest BCUT2D eigenvalue weighted by molar-refractivity contribution is -0.123. The first-order chi connectivity index (χ1) is 16.5. The molecule has 0 spiro atoms. The molecule has 0 aliphatic carbocycles. The Hall–Kier alpha value is -4.39. The van der Waals surface area contributed by atoms with Gasteiger partial charge in [-0.1, -0.05) is 24.3 Å². The lowest BCUT2D eigenvalue weighted by Gasteiger charge is -2.12. The number of rotatable bonds is 7. The van der Waals surface area contributed by atoms with E-state index in [1.807, 2.05) is 86.8 Å². The number of aromatic amines is 1. The molecule has 5 rings (SSSR count). The SMILES string of the molecule is CC(C)NC(=O)COc1cccc(-c2nc(Nc3ccc4[nH]ccc4c3)c3ccccc3n2)c1. The molecule has 3 aromatic carbocycles. The number of amides is 1. The minimum Gasteiger partial charge on any atom is -0.484 e. The highest BCUT2D eigenvalue weighted by Crippen LogP contribution is 2.29. The summed E-state index contributed by atoms with van der Waals surface area (Å²) in [6.07, 6.45) is 1.92. The lowest BCUT2D eigenvalue weighted by atomic mass is 10.1. The first-order valence-electron chi connectivity index (χ1n) is 11.2. The van der Waals surface area contributed by atoms with Gasteiger partial charge in [0.2, 0.25) is 0 Å². The Kier molecular flexibility index (Phi) is 5.82. The number of fused-ring (bicyclic) bond motifs is 2. The third-order valence-electron chi connectivity index (χ3n) is 5.33. The van der Waals surface area contributed by atoms with Gasteiger partial charge >= 0.3 is 0 Å². The highest BCUT2D eigenvalue weighted by atomic mass is 16.5. The van der Waals surface area contributed by atoms with Crippen molar-refractivity contribution >= 4 is 39.2 Å². The van der Waals surface area contributed by atoms with Gasteiger partial charge in [-0.2, -0.15) is 0 Å². The van der Waals surface area contributed by atoms with Gasteiger partial charge in [0.25, 0.3) is 5.91 Å². The number of hydrogen-bond acceptors (Lipinski definition) is 5. The molecule has 0 aliphatic rings. The van der Waals surface area contributed by atoms with E-state index in [9.17, 15) is 4.79 Å². The van der Waals surface area contributed by atoms with Crippen molar-refractivity contribution in [3.05, 3.63) is 79.0 Å². The third kappa shape index (κ3) is 4.68. The molecular formula is C27H25N5O2. The van der Waals surface area contributed by atoms with E-state index < -0.39 is 0 Å². The third-order valence-corrected chi connectivity index (χ3v) is 5.33. The average molecular weight is 452 g/mol. The van der Waals surface area contributed by atoms with Crippen LogP contribution in [0.25, 0.3) is 33.2 Å². The Labute approximate surface area is 197 Å². The fraction of sp³-hybridized carbons (Fsp3) is 0.148. The second-order valence-corrected chi connectivity index (χ2v) is 8.36. The van der Waals surface area contributed by atoms with Crippen molar-refractivity contribution < 1.29 is 9.53 Å². The summed E-state index contributed by atoms with van der Waals surface area (Å²) in [5.41, 5.74) is 3.66. The van der Waals surface area contributed by atoms with E-state index >= 15 is 0 Å². The van der Waals surface area contributed by atoms with E-state index in [0.29, 0.717) is 11.6 Å². The summed E-state index contributed by atoms with van der Waals surface area (Å²) >= 11 is 0. The van der Waals surface area contributed by atoms with Crippen molar-refractivity contribution in [2.45, 2.75) is 19.9 Å². The number of carbonyl (C=O) groups excluding carboxylic acids is 1. The zero-order valence-corrected chi connectivity index (χ0v) is 19.0. The lowest BCUT2D eigenvalue weighted by Crippen LogP contribution is -2.34. The molecule has 0 bridgehead atoms. The number of anilines is 2. The first-order valence-corrected chi connectivity index (χ1v) is 11.2. The van der Waals surface area contributed by atoms with E-state index in [-0.39, 0.29) is 18.6 Å². The van der Waals surface area contributed by atoms with Gasteiger partial charge in [0.1, 0.15) is 11.6 Å². The van der Waals surface area contributed by atoms with Crippen LogP contribution in [0.2, 0.25) is 0 Å². The monoisotopic (exact) mass is 451 g/mol. The molecular weight excluding hydrogens is 426 g/mol. The van der Waals surface area contributed by atoms with Crippen LogP contribution in [-0.2, 0) is 4.79 Å². The van der Waals surface area contributed by atoms with Crippen LogP contribution in [-0.4, -0.2) is 33.5 Å². The van der Waals surface area contributed by atoms with Crippen molar-refractivity contribution in [3.63, 3.8) is 0 Å². The van der Waals surface area contributed by atoms with Crippen molar-refractivity contribution in [2.75, 3.05) is 11.9 Å². The van der Waals surface area contributed by atoms with Crippen LogP contribution < -0.4 is 15.4 Å². The number of nitrogens with one attached hydrogen (secondary N) is 3. The predicted octanol–water partition coefficient (Wildman–Crippen LogP) is 5.43. The number of hydrogen-bond donors (Lipinski definition) is 3. The predicted molar refractivity (Wildman–Crippen MR) is 135 cm³/mol. The van der Waals surface area contributed by atoms with Gasteiger partial charge in [0, 0.05) is 39.8 Å².